The first-order valence-corrected chi connectivity index (χ1v) is 7.70. The molecule has 3 nitrogen and oxygen atoms in total. The number of hydrogen-bond donors (Lipinski definition) is 1. The molecule has 4 heteroatoms. The van der Waals surface area contributed by atoms with Gasteiger partial charge in [-0.3, -0.25) is 4.79 Å². The molecule has 0 atom stereocenters. The van der Waals surface area contributed by atoms with Gasteiger partial charge in [-0.05, 0) is 65.2 Å². The number of rotatable bonds is 5. The first-order valence-electron chi connectivity index (χ1n) is 6.90. The Labute approximate surface area is 133 Å². The van der Waals surface area contributed by atoms with E-state index in [1.165, 1.54) is 0 Å². The molecule has 1 N–H and O–H groups in total. The van der Waals surface area contributed by atoms with Crippen LogP contribution in [-0.4, -0.2) is 12.5 Å². The van der Waals surface area contributed by atoms with Gasteiger partial charge >= 0.3 is 0 Å². The third-order valence-corrected chi connectivity index (χ3v) is 3.60. The van der Waals surface area contributed by atoms with Crippen LogP contribution in [0.5, 0.6) is 5.75 Å². The second-order valence-corrected chi connectivity index (χ2v) is 5.67. The second-order valence-electron chi connectivity index (χ2n) is 4.81. The number of anilines is 1. The molecule has 21 heavy (non-hydrogen) atoms. The van der Waals surface area contributed by atoms with Crippen molar-refractivity contribution in [3.8, 4) is 5.75 Å². The largest absolute Gasteiger partial charge is 0.494 e. The van der Waals surface area contributed by atoms with Gasteiger partial charge in [0.15, 0.2) is 0 Å². The van der Waals surface area contributed by atoms with Gasteiger partial charge in [0.05, 0.1) is 12.3 Å². The number of carbonyl (C=O) groups excluding carboxylic acids is 1. The minimum atomic E-state index is -0.151. The number of halogens is 1. The predicted octanol–water partition coefficient (Wildman–Crippen LogP) is 4.80. The maximum absolute atomic E-state index is 12.3. The third kappa shape index (κ3) is 4.33. The van der Waals surface area contributed by atoms with E-state index >= 15 is 0 Å². The van der Waals surface area contributed by atoms with E-state index in [0.717, 1.165) is 22.1 Å². The molecule has 0 aliphatic heterocycles. The number of nitrogens with one attached hydrogen (secondary N) is 1. The Bertz CT molecular complexity index is 640. The summed E-state index contributed by atoms with van der Waals surface area (Å²) in [5, 5.41) is 2.90. The Morgan fingerprint density at radius 3 is 2.76 bits per heavy atom. The Balaban J connectivity index is 2.12. The van der Waals surface area contributed by atoms with E-state index < -0.39 is 0 Å². The summed E-state index contributed by atoms with van der Waals surface area (Å²) in [6, 6.07) is 13.0. The van der Waals surface area contributed by atoms with Crippen LogP contribution in [0.2, 0.25) is 0 Å². The van der Waals surface area contributed by atoms with E-state index in [0.29, 0.717) is 17.9 Å². The Hall–Kier alpha value is -1.81. The second kappa shape index (κ2) is 7.27. The van der Waals surface area contributed by atoms with E-state index in [2.05, 4.69) is 21.2 Å². The van der Waals surface area contributed by atoms with Crippen molar-refractivity contribution in [1.82, 2.24) is 0 Å². The zero-order valence-corrected chi connectivity index (χ0v) is 13.7. The maximum Gasteiger partial charge on any atom is 0.255 e. The van der Waals surface area contributed by atoms with Crippen molar-refractivity contribution in [3.05, 3.63) is 58.1 Å². The van der Waals surface area contributed by atoms with Crippen molar-refractivity contribution >= 4 is 27.5 Å². The number of benzene rings is 2. The summed E-state index contributed by atoms with van der Waals surface area (Å²) in [7, 11) is 0. The third-order valence-electron chi connectivity index (χ3n) is 2.94. The van der Waals surface area contributed by atoms with Gasteiger partial charge in [-0.25, -0.2) is 0 Å². The highest BCUT2D eigenvalue weighted by atomic mass is 79.9. The normalized spacial score (nSPS) is 10.2. The monoisotopic (exact) mass is 347 g/mol. The lowest BCUT2D eigenvalue weighted by molar-refractivity contribution is 0.102. The Kier molecular flexibility index (Phi) is 5.39. The lowest BCUT2D eigenvalue weighted by Gasteiger charge is -2.10. The van der Waals surface area contributed by atoms with Crippen LogP contribution in [0, 0.1) is 6.92 Å². The fraction of sp³-hybridized carbons (Fsp3) is 0.235. The van der Waals surface area contributed by atoms with Gasteiger partial charge in [0.1, 0.15) is 5.75 Å². The van der Waals surface area contributed by atoms with E-state index in [4.69, 9.17) is 4.74 Å². The molecule has 0 saturated heterocycles. The minimum Gasteiger partial charge on any atom is -0.494 e. The summed E-state index contributed by atoms with van der Waals surface area (Å²) in [4.78, 5) is 12.3. The van der Waals surface area contributed by atoms with Crippen molar-refractivity contribution in [3.63, 3.8) is 0 Å². The van der Waals surface area contributed by atoms with Gasteiger partial charge in [0, 0.05) is 10.0 Å². The molecule has 0 radical (unpaired) electrons. The van der Waals surface area contributed by atoms with Gasteiger partial charge in [0.25, 0.3) is 5.91 Å². The molecule has 2 rings (SSSR count). The molecular weight excluding hydrogens is 330 g/mol. The van der Waals surface area contributed by atoms with Crippen LogP contribution in [0.15, 0.2) is 46.9 Å². The van der Waals surface area contributed by atoms with Crippen LogP contribution >= 0.6 is 15.9 Å². The smallest absolute Gasteiger partial charge is 0.255 e. The van der Waals surface area contributed by atoms with Crippen LogP contribution in [0.3, 0.4) is 0 Å². The lowest BCUT2D eigenvalue weighted by Crippen LogP contribution is -2.12. The van der Waals surface area contributed by atoms with Crippen LogP contribution < -0.4 is 10.1 Å². The SMILES string of the molecule is CCCOc1cccc(C(=O)Nc2ccc(C)cc2Br)c1. The van der Waals surface area contributed by atoms with Crippen molar-refractivity contribution in [2.45, 2.75) is 20.3 Å². The van der Waals surface area contributed by atoms with E-state index in [1.807, 2.05) is 44.2 Å². The summed E-state index contributed by atoms with van der Waals surface area (Å²) in [5.41, 5.74) is 2.47. The van der Waals surface area contributed by atoms with Crippen LogP contribution in [-0.2, 0) is 0 Å². The van der Waals surface area contributed by atoms with Crippen molar-refractivity contribution in [2.75, 3.05) is 11.9 Å². The Morgan fingerprint density at radius 1 is 1.24 bits per heavy atom. The highest BCUT2D eigenvalue weighted by molar-refractivity contribution is 9.10. The molecular formula is C17H18BrNO2. The minimum absolute atomic E-state index is 0.151. The number of hydrogen-bond acceptors (Lipinski definition) is 2. The van der Waals surface area contributed by atoms with Crippen molar-refractivity contribution < 1.29 is 9.53 Å². The molecule has 2 aromatic rings. The summed E-state index contributed by atoms with van der Waals surface area (Å²) < 4.78 is 6.42. The van der Waals surface area contributed by atoms with Gasteiger partial charge < -0.3 is 10.1 Å². The van der Waals surface area contributed by atoms with Gasteiger partial charge in [-0.1, -0.05) is 19.1 Å². The number of aryl methyl sites for hydroxylation is 1. The molecule has 0 aromatic heterocycles. The van der Waals surface area contributed by atoms with Crippen LogP contribution in [0.4, 0.5) is 5.69 Å². The van der Waals surface area contributed by atoms with Crippen molar-refractivity contribution in [1.29, 1.82) is 0 Å². The zero-order chi connectivity index (χ0) is 15.2. The van der Waals surface area contributed by atoms with Gasteiger partial charge in [-0.2, -0.15) is 0 Å². The van der Waals surface area contributed by atoms with Gasteiger partial charge in [0.2, 0.25) is 0 Å². The average Bonchev–Trinajstić information content (AvgIpc) is 2.48. The molecule has 0 heterocycles. The highest BCUT2D eigenvalue weighted by Crippen LogP contribution is 2.24. The molecule has 1 amide bonds. The van der Waals surface area contributed by atoms with E-state index in [9.17, 15) is 4.79 Å². The topological polar surface area (TPSA) is 38.3 Å². The number of ether oxygens (including phenoxy) is 1. The maximum atomic E-state index is 12.3. The van der Waals surface area contributed by atoms with Crippen LogP contribution in [0.25, 0.3) is 0 Å². The quantitative estimate of drug-likeness (QED) is 0.843. The fourth-order valence-electron chi connectivity index (χ4n) is 1.86. The molecule has 0 fully saturated rings. The molecule has 0 unspecified atom stereocenters. The summed E-state index contributed by atoms with van der Waals surface area (Å²) >= 11 is 3.46. The Morgan fingerprint density at radius 2 is 2.05 bits per heavy atom. The summed E-state index contributed by atoms with van der Waals surface area (Å²) in [5.74, 6) is 0.564. The number of amides is 1. The molecule has 0 spiro atoms. The predicted molar refractivity (Wildman–Crippen MR) is 89.1 cm³/mol. The fourth-order valence-corrected chi connectivity index (χ4v) is 2.46. The number of carbonyl (C=O) groups is 1. The zero-order valence-electron chi connectivity index (χ0n) is 12.2. The highest BCUT2D eigenvalue weighted by Gasteiger charge is 2.09. The summed E-state index contributed by atoms with van der Waals surface area (Å²) in [6.45, 7) is 4.70. The molecule has 0 bridgehead atoms. The molecule has 0 aliphatic carbocycles. The standard InChI is InChI=1S/C17H18BrNO2/c1-3-9-21-14-6-4-5-13(11-14)17(20)19-16-8-7-12(2)10-15(16)18/h4-8,10-11H,3,9H2,1-2H3,(H,19,20). The van der Waals surface area contributed by atoms with E-state index in [1.54, 1.807) is 12.1 Å². The molecule has 110 valence electrons. The average molecular weight is 348 g/mol. The molecule has 2 aromatic carbocycles. The first-order chi connectivity index (χ1) is 10.1. The van der Waals surface area contributed by atoms with E-state index in [-0.39, 0.29) is 5.91 Å². The van der Waals surface area contributed by atoms with Gasteiger partial charge in [-0.15, -0.1) is 0 Å². The molecule has 0 aliphatic rings. The van der Waals surface area contributed by atoms with Crippen molar-refractivity contribution in [2.24, 2.45) is 0 Å². The lowest BCUT2D eigenvalue weighted by atomic mass is 10.2. The van der Waals surface area contributed by atoms with Crippen LogP contribution in [0.1, 0.15) is 29.3 Å². The molecule has 0 saturated carbocycles. The summed E-state index contributed by atoms with van der Waals surface area (Å²) in [6.07, 6.45) is 0.937. The first kappa shape index (κ1) is 15.6.